The molecule has 140 valence electrons. The summed E-state index contributed by atoms with van der Waals surface area (Å²) in [7, 11) is 0. The Labute approximate surface area is 164 Å². The molecule has 2 heterocycles. The number of aryl methyl sites for hydroxylation is 2. The molecule has 1 amide bonds. The van der Waals surface area contributed by atoms with Crippen molar-refractivity contribution in [1.29, 1.82) is 0 Å². The Bertz CT molecular complexity index is 924. The number of aromatic nitrogens is 1. The van der Waals surface area contributed by atoms with E-state index in [2.05, 4.69) is 40.5 Å². The van der Waals surface area contributed by atoms with Crippen LogP contribution in [0, 0.1) is 13.8 Å². The second-order valence-corrected chi connectivity index (χ2v) is 8.50. The van der Waals surface area contributed by atoms with Gasteiger partial charge >= 0.3 is 0 Å². The number of hydrogen-bond donors (Lipinski definition) is 1. The standard InChI is InChI=1S/C22H25N3OS/c1-15-7-8-16(2)19(13-15)23-21(26)14-25-11-9-17(10-12-25)22-24-18-5-3-4-6-20(18)27-22/h3-8,13,17H,9-12,14H2,1-2H3,(H,23,26). The summed E-state index contributed by atoms with van der Waals surface area (Å²) in [6.07, 6.45) is 2.13. The second-order valence-electron chi connectivity index (χ2n) is 7.44. The average molecular weight is 380 g/mol. The first-order valence-electron chi connectivity index (χ1n) is 9.53. The number of likely N-dealkylation sites (tertiary alicyclic amines) is 1. The number of piperidine rings is 1. The molecule has 1 aliphatic rings. The van der Waals surface area contributed by atoms with Crippen molar-refractivity contribution in [3.8, 4) is 0 Å². The summed E-state index contributed by atoms with van der Waals surface area (Å²) < 4.78 is 1.27. The molecule has 1 aromatic heterocycles. The van der Waals surface area contributed by atoms with Gasteiger partial charge in [0, 0.05) is 11.6 Å². The Kier molecular flexibility index (Phi) is 5.23. The number of fused-ring (bicyclic) bond motifs is 1. The summed E-state index contributed by atoms with van der Waals surface area (Å²) in [5, 5.41) is 4.31. The van der Waals surface area contributed by atoms with Crippen molar-refractivity contribution in [3.05, 3.63) is 58.6 Å². The maximum absolute atomic E-state index is 12.5. The van der Waals surface area contributed by atoms with Crippen LogP contribution >= 0.6 is 11.3 Å². The van der Waals surface area contributed by atoms with E-state index in [1.807, 2.05) is 37.3 Å². The van der Waals surface area contributed by atoms with Gasteiger partial charge in [0.05, 0.1) is 21.8 Å². The summed E-state index contributed by atoms with van der Waals surface area (Å²) in [6, 6.07) is 14.5. The van der Waals surface area contributed by atoms with Gasteiger partial charge in [0.15, 0.2) is 0 Å². The molecule has 0 radical (unpaired) electrons. The predicted molar refractivity (Wildman–Crippen MR) is 113 cm³/mol. The maximum atomic E-state index is 12.5. The molecule has 0 unspecified atom stereocenters. The number of hydrogen-bond acceptors (Lipinski definition) is 4. The van der Waals surface area contributed by atoms with E-state index in [-0.39, 0.29) is 5.91 Å². The minimum absolute atomic E-state index is 0.0714. The number of rotatable bonds is 4. The zero-order valence-corrected chi connectivity index (χ0v) is 16.7. The molecule has 1 saturated heterocycles. The quantitative estimate of drug-likeness (QED) is 0.713. The van der Waals surface area contributed by atoms with E-state index in [0.717, 1.165) is 48.3 Å². The SMILES string of the molecule is Cc1ccc(C)c(NC(=O)CN2CCC(c3nc4ccccc4s3)CC2)c1. The fourth-order valence-corrected chi connectivity index (χ4v) is 4.80. The van der Waals surface area contributed by atoms with Crippen LogP contribution in [0.4, 0.5) is 5.69 Å². The van der Waals surface area contributed by atoms with Crippen LogP contribution in [0.3, 0.4) is 0 Å². The van der Waals surface area contributed by atoms with Crippen molar-refractivity contribution in [3.63, 3.8) is 0 Å². The summed E-state index contributed by atoms with van der Waals surface area (Å²) in [4.78, 5) is 19.5. The van der Waals surface area contributed by atoms with Crippen molar-refractivity contribution < 1.29 is 4.79 Å². The lowest BCUT2D eigenvalue weighted by Crippen LogP contribution is -2.38. The van der Waals surface area contributed by atoms with Gasteiger partial charge < -0.3 is 5.32 Å². The molecular formula is C22H25N3OS. The fraction of sp³-hybridized carbons (Fsp3) is 0.364. The molecule has 3 aromatic rings. The van der Waals surface area contributed by atoms with E-state index in [4.69, 9.17) is 4.98 Å². The average Bonchev–Trinajstić information content (AvgIpc) is 3.09. The van der Waals surface area contributed by atoms with Crippen molar-refractivity contribution in [1.82, 2.24) is 9.88 Å². The molecule has 1 fully saturated rings. The van der Waals surface area contributed by atoms with Crippen LogP contribution in [-0.2, 0) is 4.79 Å². The van der Waals surface area contributed by atoms with E-state index in [0.29, 0.717) is 12.5 Å². The highest BCUT2D eigenvalue weighted by molar-refractivity contribution is 7.18. The third-order valence-corrected chi connectivity index (χ3v) is 6.48. The molecule has 0 aliphatic carbocycles. The minimum Gasteiger partial charge on any atom is -0.325 e. The largest absolute Gasteiger partial charge is 0.325 e. The number of carbonyl (C=O) groups is 1. The number of anilines is 1. The lowest BCUT2D eigenvalue weighted by Gasteiger charge is -2.30. The van der Waals surface area contributed by atoms with E-state index >= 15 is 0 Å². The first kappa shape index (κ1) is 18.1. The van der Waals surface area contributed by atoms with Crippen LogP contribution in [0.5, 0.6) is 0 Å². The number of carbonyl (C=O) groups excluding carboxylic acids is 1. The van der Waals surface area contributed by atoms with Gasteiger partial charge in [0.25, 0.3) is 0 Å². The summed E-state index contributed by atoms with van der Waals surface area (Å²) >= 11 is 1.81. The predicted octanol–water partition coefficient (Wildman–Crippen LogP) is 4.73. The zero-order valence-electron chi connectivity index (χ0n) is 15.9. The van der Waals surface area contributed by atoms with E-state index in [1.54, 1.807) is 0 Å². The third-order valence-electron chi connectivity index (χ3n) is 5.28. The molecule has 5 heteroatoms. The Hall–Kier alpha value is -2.24. The van der Waals surface area contributed by atoms with Gasteiger partial charge in [0.1, 0.15) is 0 Å². The Morgan fingerprint density at radius 2 is 1.96 bits per heavy atom. The Morgan fingerprint density at radius 3 is 2.74 bits per heavy atom. The lowest BCUT2D eigenvalue weighted by atomic mass is 9.97. The lowest BCUT2D eigenvalue weighted by molar-refractivity contribution is -0.117. The monoisotopic (exact) mass is 379 g/mol. The van der Waals surface area contributed by atoms with Gasteiger partial charge in [-0.2, -0.15) is 0 Å². The van der Waals surface area contributed by atoms with E-state index < -0.39 is 0 Å². The highest BCUT2D eigenvalue weighted by Gasteiger charge is 2.24. The highest BCUT2D eigenvalue weighted by Crippen LogP contribution is 2.33. The van der Waals surface area contributed by atoms with Crippen LogP contribution in [0.25, 0.3) is 10.2 Å². The molecule has 4 nitrogen and oxygen atoms in total. The number of thiazole rings is 1. The second kappa shape index (κ2) is 7.79. The normalized spacial score (nSPS) is 15.9. The molecule has 2 aromatic carbocycles. The van der Waals surface area contributed by atoms with Crippen molar-refractivity contribution >= 4 is 33.1 Å². The highest BCUT2D eigenvalue weighted by atomic mass is 32.1. The summed E-state index contributed by atoms with van der Waals surface area (Å²) in [5.74, 6) is 0.586. The van der Waals surface area contributed by atoms with Gasteiger partial charge in [-0.3, -0.25) is 9.69 Å². The first-order chi connectivity index (χ1) is 13.1. The third kappa shape index (κ3) is 4.20. The molecule has 1 aliphatic heterocycles. The first-order valence-corrected chi connectivity index (χ1v) is 10.3. The van der Waals surface area contributed by atoms with Gasteiger partial charge in [-0.15, -0.1) is 11.3 Å². The van der Waals surface area contributed by atoms with Crippen molar-refractivity contribution in [2.45, 2.75) is 32.6 Å². The van der Waals surface area contributed by atoms with Crippen LogP contribution in [0.1, 0.15) is 34.9 Å². The molecule has 4 rings (SSSR count). The number of nitrogens with zero attached hydrogens (tertiary/aromatic N) is 2. The Balaban J connectivity index is 1.32. The van der Waals surface area contributed by atoms with Crippen LogP contribution < -0.4 is 5.32 Å². The maximum Gasteiger partial charge on any atom is 0.238 e. The van der Waals surface area contributed by atoms with Crippen molar-refractivity contribution in [2.75, 3.05) is 25.0 Å². The smallest absolute Gasteiger partial charge is 0.238 e. The van der Waals surface area contributed by atoms with Gasteiger partial charge in [0.2, 0.25) is 5.91 Å². The number of para-hydroxylation sites is 1. The number of nitrogens with one attached hydrogen (secondary N) is 1. The minimum atomic E-state index is 0.0714. The van der Waals surface area contributed by atoms with Gasteiger partial charge in [-0.05, 0) is 69.1 Å². The van der Waals surface area contributed by atoms with Crippen molar-refractivity contribution in [2.24, 2.45) is 0 Å². The molecule has 27 heavy (non-hydrogen) atoms. The molecule has 1 N–H and O–H groups in total. The van der Waals surface area contributed by atoms with Gasteiger partial charge in [-0.25, -0.2) is 4.98 Å². The Morgan fingerprint density at radius 1 is 1.19 bits per heavy atom. The van der Waals surface area contributed by atoms with Crippen LogP contribution in [-0.4, -0.2) is 35.4 Å². The zero-order chi connectivity index (χ0) is 18.8. The van der Waals surface area contributed by atoms with E-state index in [9.17, 15) is 4.79 Å². The molecule has 0 spiro atoms. The number of benzene rings is 2. The molecule has 0 atom stereocenters. The van der Waals surface area contributed by atoms with Crippen LogP contribution in [0.15, 0.2) is 42.5 Å². The molecule has 0 saturated carbocycles. The molecular weight excluding hydrogens is 354 g/mol. The molecule has 0 bridgehead atoms. The summed E-state index contributed by atoms with van der Waals surface area (Å²) in [5.41, 5.74) is 4.29. The topological polar surface area (TPSA) is 45.2 Å². The summed E-state index contributed by atoms with van der Waals surface area (Å²) in [6.45, 7) is 6.42. The fourth-order valence-electron chi connectivity index (χ4n) is 3.67. The van der Waals surface area contributed by atoms with Crippen LogP contribution in [0.2, 0.25) is 0 Å². The number of amides is 1. The van der Waals surface area contributed by atoms with Gasteiger partial charge in [-0.1, -0.05) is 24.3 Å². The van der Waals surface area contributed by atoms with E-state index in [1.165, 1.54) is 9.71 Å².